The number of carbonyl (C=O) groups is 1. The van der Waals surface area contributed by atoms with E-state index in [1.165, 1.54) is 0 Å². The number of fused-ring (bicyclic) bond motifs is 1. The van der Waals surface area contributed by atoms with Crippen molar-refractivity contribution in [2.24, 2.45) is 0 Å². The summed E-state index contributed by atoms with van der Waals surface area (Å²) in [6.07, 6.45) is 3.57. The van der Waals surface area contributed by atoms with Crippen LogP contribution in [0.15, 0.2) is 36.5 Å². The molecule has 0 saturated carbocycles. The first-order valence-corrected chi connectivity index (χ1v) is 9.68. The Labute approximate surface area is 160 Å². The number of likely N-dealkylation sites (tertiary alicyclic amines) is 1. The van der Waals surface area contributed by atoms with Crippen LogP contribution in [-0.4, -0.2) is 79.3 Å². The lowest BCUT2D eigenvalue weighted by Gasteiger charge is -2.51. The fourth-order valence-corrected chi connectivity index (χ4v) is 4.34. The van der Waals surface area contributed by atoms with Gasteiger partial charge in [-0.3, -0.25) is 14.7 Å². The molecule has 1 aromatic heterocycles. The van der Waals surface area contributed by atoms with Gasteiger partial charge in [-0.05, 0) is 24.3 Å². The first kappa shape index (κ1) is 18.3. The molecule has 0 N–H and O–H groups in total. The predicted molar refractivity (Wildman–Crippen MR) is 104 cm³/mol. The van der Waals surface area contributed by atoms with E-state index < -0.39 is 0 Å². The van der Waals surface area contributed by atoms with Crippen LogP contribution in [0.1, 0.15) is 23.3 Å². The van der Waals surface area contributed by atoms with Crippen LogP contribution in [0.3, 0.4) is 0 Å². The van der Waals surface area contributed by atoms with Gasteiger partial charge < -0.3 is 14.4 Å². The largest absolute Gasteiger partial charge is 0.383 e. The van der Waals surface area contributed by atoms with Gasteiger partial charge in [0, 0.05) is 50.4 Å². The summed E-state index contributed by atoms with van der Waals surface area (Å²) in [4.78, 5) is 22.0. The molecule has 2 saturated heterocycles. The lowest BCUT2D eigenvalue weighted by Crippen LogP contribution is -2.62. The quantitative estimate of drug-likeness (QED) is 0.827. The number of pyridine rings is 1. The maximum atomic E-state index is 13.1. The third-order valence-corrected chi connectivity index (χ3v) is 5.97. The van der Waals surface area contributed by atoms with Crippen molar-refractivity contribution in [2.45, 2.75) is 18.4 Å². The van der Waals surface area contributed by atoms with Crippen molar-refractivity contribution in [3.8, 4) is 0 Å². The molecule has 6 heteroatoms. The summed E-state index contributed by atoms with van der Waals surface area (Å²) in [6.45, 7) is 5.55. The molecule has 2 aromatic rings. The molecule has 6 nitrogen and oxygen atoms in total. The highest BCUT2D eigenvalue weighted by molar-refractivity contribution is 6.05. The number of benzene rings is 1. The minimum Gasteiger partial charge on any atom is -0.383 e. The van der Waals surface area contributed by atoms with Crippen molar-refractivity contribution in [2.75, 3.05) is 53.1 Å². The Morgan fingerprint density at radius 3 is 2.85 bits per heavy atom. The number of piperidine rings is 1. The van der Waals surface area contributed by atoms with E-state index in [9.17, 15) is 4.79 Å². The fraction of sp³-hybridized carbons (Fsp3) is 0.524. The van der Waals surface area contributed by atoms with Gasteiger partial charge in [0.2, 0.25) is 0 Å². The van der Waals surface area contributed by atoms with Crippen LogP contribution in [-0.2, 0) is 9.47 Å². The van der Waals surface area contributed by atoms with Gasteiger partial charge >= 0.3 is 0 Å². The first-order valence-electron chi connectivity index (χ1n) is 9.68. The molecule has 2 aliphatic heterocycles. The molecular formula is C21H27N3O3. The van der Waals surface area contributed by atoms with E-state index in [-0.39, 0.29) is 11.4 Å². The number of morpholine rings is 1. The van der Waals surface area contributed by atoms with Crippen molar-refractivity contribution in [3.05, 3.63) is 42.2 Å². The molecule has 0 radical (unpaired) electrons. The molecule has 0 atom stereocenters. The van der Waals surface area contributed by atoms with E-state index in [4.69, 9.17) is 9.47 Å². The molecule has 4 rings (SSSR count). The summed E-state index contributed by atoms with van der Waals surface area (Å²) < 4.78 is 11.1. The number of ether oxygens (including phenoxy) is 2. The number of carbonyl (C=O) groups excluding carboxylic acids is 1. The van der Waals surface area contributed by atoms with Gasteiger partial charge in [-0.2, -0.15) is 0 Å². The van der Waals surface area contributed by atoms with E-state index in [0.717, 1.165) is 69.6 Å². The van der Waals surface area contributed by atoms with Crippen molar-refractivity contribution in [3.63, 3.8) is 0 Å². The molecule has 2 aliphatic rings. The van der Waals surface area contributed by atoms with E-state index >= 15 is 0 Å². The number of hydrogen-bond acceptors (Lipinski definition) is 5. The zero-order valence-electron chi connectivity index (χ0n) is 15.9. The second-order valence-corrected chi connectivity index (χ2v) is 7.43. The smallest absolute Gasteiger partial charge is 0.273 e. The van der Waals surface area contributed by atoms with Gasteiger partial charge in [0.1, 0.15) is 5.69 Å². The summed E-state index contributed by atoms with van der Waals surface area (Å²) in [5.41, 5.74) is 0.583. The lowest BCUT2D eigenvalue weighted by molar-refractivity contribution is -0.0968. The standard InChI is InChI=1S/C21H27N3O3/c1-26-14-12-24-13-15-27-16-21(24)7-10-23(11-8-21)20(25)19-18-5-3-2-4-17(18)6-9-22-19/h2-6,9H,7-8,10-16H2,1H3. The molecule has 0 unspecified atom stereocenters. The second-order valence-electron chi connectivity index (χ2n) is 7.43. The Morgan fingerprint density at radius 2 is 2.04 bits per heavy atom. The monoisotopic (exact) mass is 369 g/mol. The van der Waals surface area contributed by atoms with Crippen LogP contribution in [0.5, 0.6) is 0 Å². The molecule has 144 valence electrons. The molecule has 3 heterocycles. The fourth-order valence-electron chi connectivity index (χ4n) is 4.34. The van der Waals surface area contributed by atoms with Gasteiger partial charge in [-0.15, -0.1) is 0 Å². The summed E-state index contributed by atoms with van der Waals surface area (Å²) in [5, 5.41) is 1.98. The Hall–Kier alpha value is -2.02. The molecule has 27 heavy (non-hydrogen) atoms. The van der Waals surface area contributed by atoms with Crippen LogP contribution in [0.4, 0.5) is 0 Å². The van der Waals surface area contributed by atoms with Crippen molar-refractivity contribution < 1.29 is 14.3 Å². The van der Waals surface area contributed by atoms with Gasteiger partial charge in [0.05, 0.1) is 19.8 Å². The van der Waals surface area contributed by atoms with Crippen molar-refractivity contribution >= 4 is 16.7 Å². The number of nitrogens with zero attached hydrogens (tertiary/aromatic N) is 3. The summed E-state index contributed by atoms with van der Waals surface area (Å²) in [6, 6.07) is 9.89. The van der Waals surface area contributed by atoms with Crippen LogP contribution in [0.2, 0.25) is 0 Å². The predicted octanol–water partition coefficient (Wildman–Crippen LogP) is 2.19. The molecule has 0 bridgehead atoms. The van der Waals surface area contributed by atoms with E-state index in [1.807, 2.05) is 35.2 Å². The van der Waals surface area contributed by atoms with E-state index in [1.54, 1.807) is 13.3 Å². The minimum absolute atomic E-state index is 0.0275. The van der Waals surface area contributed by atoms with E-state index in [2.05, 4.69) is 9.88 Å². The normalized spacial score (nSPS) is 20.3. The Balaban J connectivity index is 1.49. The number of methoxy groups -OCH3 is 1. The average molecular weight is 369 g/mol. The maximum absolute atomic E-state index is 13.1. The van der Waals surface area contributed by atoms with Crippen LogP contribution in [0, 0.1) is 0 Å². The second kappa shape index (κ2) is 7.92. The third-order valence-electron chi connectivity index (χ3n) is 5.97. The molecule has 1 aromatic carbocycles. The zero-order chi connectivity index (χ0) is 18.7. The molecule has 1 spiro atoms. The minimum atomic E-state index is 0.0275. The number of hydrogen-bond donors (Lipinski definition) is 0. The Kier molecular flexibility index (Phi) is 5.38. The van der Waals surface area contributed by atoms with Gasteiger partial charge in [-0.1, -0.05) is 24.3 Å². The first-order chi connectivity index (χ1) is 13.2. The molecule has 2 fully saturated rings. The third kappa shape index (κ3) is 3.57. The summed E-state index contributed by atoms with van der Waals surface area (Å²) >= 11 is 0. The maximum Gasteiger partial charge on any atom is 0.273 e. The van der Waals surface area contributed by atoms with Gasteiger partial charge in [0.25, 0.3) is 5.91 Å². The summed E-state index contributed by atoms with van der Waals surface area (Å²) in [7, 11) is 1.74. The number of aromatic nitrogens is 1. The molecule has 1 amide bonds. The molecule has 0 aliphatic carbocycles. The Bertz CT molecular complexity index is 797. The van der Waals surface area contributed by atoms with Crippen molar-refractivity contribution in [1.82, 2.24) is 14.8 Å². The summed E-state index contributed by atoms with van der Waals surface area (Å²) in [5.74, 6) is 0.0295. The average Bonchev–Trinajstić information content (AvgIpc) is 2.73. The van der Waals surface area contributed by atoms with Crippen LogP contribution < -0.4 is 0 Å². The van der Waals surface area contributed by atoms with Gasteiger partial charge in [-0.25, -0.2) is 0 Å². The topological polar surface area (TPSA) is 54.9 Å². The van der Waals surface area contributed by atoms with E-state index in [0.29, 0.717) is 5.69 Å². The Morgan fingerprint density at radius 1 is 1.22 bits per heavy atom. The van der Waals surface area contributed by atoms with Crippen LogP contribution in [0.25, 0.3) is 10.8 Å². The number of rotatable bonds is 4. The zero-order valence-corrected chi connectivity index (χ0v) is 15.9. The van der Waals surface area contributed by atoms with Crippen molar-refractivity contribution in [1.29, 1.82) is 0 Å². The molecular weight excluding hydrogens is 342 g/mol. The highest BCUT2D eigenvalue weighted by Gasteiger charge is 2.43. The highest BCUT2D eigenvalue weighted by atomic mass is 16.5. The lowest BCUT2D eigenvalue weighted by atomic mass is 9.85. The van der Waals surface area contributed by atoms with Crippen LogP contribution >= 0.6 is 0 Å². The van der Waals surface area contributed by atoms with Gasteiger partial charge in [0.15, 0.2) is 0 Å². The SMILES string of the molecule is COCCN1CCOCC12CCN(C(=O)c1nccc3ccccc13)CC2. The number of amides is 1. The highest BCUT2D eigenvalue weighted by Crippen LogP contribution is 2.32.